The molecule has 1 amide bonds. The zero-order valence-electron chi connectivity index (χ0n) is 13.5. The van der Waals surface area contributed by atoms with Gasteiger partial charge in [-0.15, -0.1) is 0 Å². The summed E-state index contributed by atoms with van der Waals surface area (Å²) in [4.78, 5) is 12.0. The summed E-state index contributed by atoms with van der Waals surface area (Å²) in [5.41, 5.74) is 0.886. The molecule has 0 aliphatic carbocycles. The number of carbonyl (C=O) groups excluding carboxylic acids is 1. The lowest BCUT2D eigenvalue weighted by Gasteiger charge is -2.38. The summed E-state index contributed by atoms with van der Waals surface area (Å²) in [6.07, 6.45) is -0.100. The number of β-lactam (4-membered cyclic amide) rings is 1. The minimum absolute atomic E-state index is 0.0201. The predicted molar refractivity (Wildman–Crippen MR) is 92.1 cm³/mol. The predicted octanol–water partition coefficient (Wildman–Crippen LogP) is 1.76. The van der Waals surface area contributed by atoms with Crippen molar-refractivity contribution in [2.24, 2.45) is 0 Å². The fourth-order valence-electron chi connectivity index (χ4n) is 2.72. The number of carbonyl (C=O) groups is 1. The summed E-state index contributed by atoms with van der Waals surface area (Å²) in [5.74, 6) is -1.01. The quantitative estimate of drug-likeness (QED) is 0.739. The lowest BCUT2D eigenvalue weighted by molar-refractivity contribution is -0.136. The molecule has 132 valence electrons. The smallest absolute Gasteiger partial charge is 0.266 e. The molecule has 1 heterocycles. The van der Waals surface area contributed by atoms with Crippen molar-refractivity contribution in [3.8, 4) is 0 Å². The normalized spacial score (nSPS) is 18.0. The zero-order chi connectivity index (χ0) is 18.2. The van der Waals surface area contributed by atoms with Gasteiger partial charge in [0.05, 0.1) is 28.0 Å². The van der Waals surface area contributed by atoms with E-state index in [9.17, 15) is 21.6 Å². The molecule has 1 atom stereocenters. The van der Waals surface area contributed by atoms with Crippen LogP contribution in [0, 0.1) is 6.92 Å². The Labute approximate surface area is 147 Å². The first-order chi connectivity index (χ1) is 11.7. The summed E-state index contributed by atoms with van der Waals surface area (Å²) in [6.45, 7) is 1.82. The van der Waals surface area contributed by atoms with E-state index in [1.54, 1.807) is 30.3 Å². The van der Waals surface area contributed by atoms with Gasteiger partial charge in [0.15, 0.2) is 9.84 Å². The van der Waals surface area contributed by atoms with Gasteiger partial charge in [-0.1, -0.05) is 35.9 Å². The van der Waals surface area contributed by atoms with Gasteiger partial charge in [-0.25, -0.2) is 21.1 Å². The molecule has 0 radical (unpaired) electrons. The number of sulfone groups is 1. The summed E-state index contributed by atoms with van der Waals surface area (Å²) in [7, 11) is -7.74. The third-order valence-electron chi connectivity index (χ3n) is 4.08. The van der Waals surface area contributed by atoms with Crippen molar-refractivity contribution in [3.05, 3.63) is 60.2 Å². The summed E-state index contributed by atoms with van der Waals surface area (Å²) < 4.78 is 51.0. The largest absolute Gasteiger partial charge is 0.274 e. The van der Waals surface area contributed by atoms with Crippen molar-refractivity contribution in [1.29, 1.82) is 0 Å². The Kier molecular flexibility index (Phi) is 4.42. The van der Waals surface area contributed by atoms with Gasteiger partial charge >= 0.3 is 0 Å². The zero-order valence-corrected chi connectivity index (χ0v) is 15.1. The van der Waals surface area contributed by atoms with Crippen LogP contribution in [0.2, 0.25) is 0 Å². The molecule has 1 saturated heterocycles. The maximum atomic E-state index is 12.7. The molecule has 6 nitrogen and oxygen atoms in total. The van der Waals surface area contributed by atoms with Crippen LogP contribution in [0.5, 0.6) is 0 Å². The fraction of sp³-hybridized carbons (Fsp3) is 0.235. The Morgan fingerprint density at radius 1 is 0.920 bits per heavy atom. The fourth-order valence-corrected chi connectivity index (χ4v) is 5.95. The molecule has 8 heteroatoms. The van der Waals surface area contributed by atoms with Crippen LogP contribution in [0.25, 0.3) is 0 Å². The summed E-state index contributed by atoms with van der Waals surface area (Å²) in [6, 6.07) is 13.0. The van der Waals surface area contributed by atoms with E-state index in [1.807, 2.05) is 6.92 Å². The van der Waals surface area contributed by atoms with E-state index in [-0.39, 0.29) is 16.2 Å². The lowest BCUT2D eigenvalue weighted by atomic mass is 10.1. The van der Waals surface area contributed by atoms with Gasteiger partial charge < -0.3 is 0 Å². The van der Waals surface area contributed by atoms with E-state index in [0.717, 1.165) is 5.56 Å². The van der Waals surface area contributed by atoms with Crippen molar-refractivity contribution in [2.45, 2.75) is 29.2 Å². The van der Waals surface area contributed by atoms with Crippen molar-refractivity contribution < 1.29 is 21.6 Å². The van der Waals surface area contributed by atoms with E-state index < -0.39 is 37.6 Å². The number of hydrogen-bond donors (Lipinski definition) is 0. The molecule has 0 N–H and O–H groups in total. The summed E-state index contributed by atoms with van der Waals surface area (Å²) in [5, 5.41) is 0. The van der Waals surface area contributed by atoms with Crippen molar-refractivity contribution in [2.75, 3.05) is 5.75 Å². The molecule has 0 aromatic heterocycles. The highest BCUT2D eigenvalue weighted by molar-refractivity contribution is 7.92. The molecule has 0 unspecified atom stereocenters. The van der Waals surface area contributed by atoms with Crippen LogP contribution in [-0.4, -0.2) is 38.8 Å². The molecule has 0 saturated carbocycles. The monoisotopic (exact) mass is 379 g/mol. The molecule has 3 rings (SSSR count). The van der Waals surface area contributed by atoms with Crippen LogP contribution in [0.1, 0.15) is 12.0 Å². The van der Waals surface area contributed by atoms with E-state index >= 15 is 0 Å². The van der Waals surface area contributed by atoms with Gasteiger partial charge in [-0.3, -0.25) is 4.79 Å². The molecular formula is C17H17NO5S2. The first-order valence-electron chi connectivity index (χ1n) is 7.63. The number of nitrogens with zero attached hydrogens (tertiary/aromatic N) is 1. The lowest BCUT2D eigenvalue weighted by Crippen LogP contribution is -2.57. The summed E-state index contributed by atoms with van der Waals surface area (Å²) >= 11 is 0. The van der Waals surface area contributed by atoms with Gasteiger partial charge in [0, 0.05) is 0 Å². The highest BCUT2D eigenvalue weighted by Crippen LogP contribution is 2.30. The SMILES string of the molecule is Cc1ccc(S(=O)(=O)N2C(=O)C[C@H]2CS(=O)(=O)c2ccccc2)cc1. The van der Waals surface area contributed by atoms with E-state index in [1.165, 1.54) is 24.3 Å². The second-order valence-electron chi connectivity index (χ2n) is 5.96. The van der Waals surface area contributed by atoms with Gasteiger partial charge in [0.25, 0.3) is 10.0 Å². The second kappa shape index (κ2) is 6.27. The molecule has 1 aliphatic heterocycles. The number of benzene rings is 2. The van der Waals surface area contributed by atoms with Gasteiger partial charge in [-0.2, -0.15) is 0 Å². The molecule has 25 heavy (non-hydrogen) atoms. The first-order valence-corrected chi connectivity index (χ1v) is 10.7. The minimum atomic E-state index is -4.05. The Morgan fingerprint density at radius 3 is 2.08 bits per heavy atom. The Bertz CT molecular complexity index is 997. The van der Waals surface area contributed by atoms with Crippen LogP contribution >= 0.6 is 0 Å². The molecule has 0 bridgehead atoms. The number of hydrogen-bond acceptors (Lipinski definition) is 5. The number of sulfonamides is 1. The number of aryl methyl sites for hydroxylation is 1. The highest BCUT2D eigenvalue weighted by atomic mass is 32.2. The molecule has 2 aromatic carbocycles. The maximum absolute atomic E-state index is 12.7. The number of amides is 1. The molecule has 2 aromatic rings. The second-order valence-corrected chi connectivity index (χ2v) is 9.81. The van der Waals surface area contributed by atoms with Crippen LogP contribution in [0.3, 0.4) is 0 Å². The number of rotatable bonds is 5. The van der Waals surface area contributed by atoms with E-state index in [2.05, 4.69) is 0 Å². The maximum Gasteiger partial charge on any atom is 0.266 e. The molecular weight excluding hydrogens is 362 g/mol. The van der Waals surface area contributed by atoms with Gasteiger partial charge in [0.1, 0.15) is 0 Å². The van der Waals surface area contributed by atoms with Crippen molar-refractivity contribution in [1.82, 2.24) is 4.31 Å². The highest BCUT2D eigenvalue weighted by Gasteiger charge is 2.47. The Balaban J connectivity index is 1.87. The standard InChI is InChI=1S/C17H17NO5S2/c1-13-7-9-16(10-8-13)25(22,23)18-14(11-17(18)19)12-24(20,21)15-5-3-2-4-6-15/h2-10,14H,11-12H2,1H3/t14-/m0/s1. The minimum Gasteiger partial charge on any atom is -0.274 e. The third kappa shape index (κ3) is 3.32. The van der Waals surface area contributed by atoms with E-state index in [4.69, 9.17) is 0 Å². The van der Waals surface area contributed by atoms with E-state index in [0.29, 0.717) is 4.31 Å². The van der Waals surface area contributed by atoms with Crippen LogP contribution < -0.4 is 0 Å². The van der Waals surface area contributed by atoms with Crippen LogP contribution in [-0.2, 0) is 24.7 Å². The molecule has 0 spiro atoms. The van der Waals surface area contributed by atoms with Crippen LogP contribution in [0.15, 0.2) is 64.4 Å². The third-order valence-corrected chi connectivity index (χ3v) is 7.78. The van der Waals surface area contributed by atoms with Gasteiger partial charge in [0.2, 0.25) is 5.91 Å². The average molecular weight is 379 g/mol. The Morgan fingerprint density at radius 2 is 1.52 bits per heavy atom. The topological polar surface area (TPSA) is 88.6 Å². The Hall–Kier alpha value is -2.19. The first kappa shape index (κ1) is 17.6. The van der Waals surface area contributed by atoms with Crippen molar-refractivity contribution >= 4 is 25.8 Å². The average Bonchev–Trinajstić information content (AvgIpc) is 2.54. The van der Waals surface area contributed by atoms with Crippen LogP contribution in [0.4, 0.5) is 0 Å². The van der Waals surface area contributed by atoms with Crippen molar-refractivity contribution in [3.63, 3.8) is 0 Å². The molecule has 1 aliphatic rings. The van der Waals surface area contributed by atoms with Gasteiger partial charge in [-0.05, 0) is 31.2 Å². The molecule has 1 fully saturated rings.